The first-order valence-electron chi connectivity index (χ1n) is 7.05. The summed E-state index contributed by atoms with van der Waals surface area (Å²) in [6.45, 7) is 3.93. The largest absolute Gasteiger partial charge is 0.493 e. The third kappa shape index (κ3) is 4.17. The maximum atomic E-state index is 10.9. The topological polar surface area (TPSA) is 88.2 Å². The third-order valence-electron chi connectivity index (χ3n) is 3.52. The second-order valence-corrected chi connectivity index (χ2v) is 5.42. The Hall–Kier alpha value is -2.13. The smallest absolute Gasteiger partial charge is 0.276 e. The van der Waals surface area contributed by atoms with Gasteiger partial charge in [0, 0.05) is 18.0 Å². The van der Waals surface area contributed by atoms with E-state index in [1.807, 2.05) is 6.92 Å². The van der Waals surface area contributed by atoms with Crippen LogP contribution >= 0.6 is 0 Å². The fraction of sp³-hybridized carbons (Fsp3) is 0.533. The fourth-order valence-corrected chi connectivity index (χ4v) is 2.18. The third-order valence-corrected chi connectivity index (χ3v) is 3.52. The lowest BCUT2D eigenvalue weighted by atomic mass is 10.1. The van der Waals surface area contributed by atoms with Crippen LogP contribution in [0.3, 0.4) is 0 Å². The first kappa shape index (κ1) is 15.3. The van der Waals surface area contributed by atoms with Crippen LogP contribution in [0.15, 0.2) is 12.1 Å². The van der Waals surface area contributed by atoms with E-state index in [0.29, 0.717) is 30.4 Å². The van der Waals surface area contributed by atoms with Gasteiger partial charge in [-0.2, -0.15) is 5.26 Å². The van der Waals surface area contributed by atoms with Gasteiger partial charge in [-0.1, -0.05) is 0 Å². The Morgan fingerprint density at radius 1 is 1.48 bits per heavy atom. The molecule has 1 saturated carbocycles. The van der Waals surface area contributed by atoms with Crippen LogP contribution in [0.5, 0.6) is 5.75 Å². The lowest BCUT2D eigenvalue weighted by Crippen LogP contribution is -2.31. The molecule has 1 atom stereocenters. The Labute approximate surface area is 123 Å². The summed E-state index contributed by atoms with van der Waals surface area (Å²) in [5.41, 5.74) is 1.54. The molecule has 6 nitrogen and oxygen atoms in total. The highest BCUT2D eigenvalue weighted by Crippen LogP contribution is 2.28. The maximum absolute atomic E-state index is 10.9. The molecule has 2 rings (SSSR count). The van der Waals surface area contributed by atoms with Crippen LogP contribution in [0.1, 0.15) is 30.4 Å². The molecule has 1 fully saturated rings. The van der Waals surface area contributed by atoms with Gasteiger partial charge in [0.25, 0.3) is 5.69 Å². The highest BCUT2D eigenvalue weighted by atomic mass is 16.6. The summed E-state index contributed by atoms with van der Waals surface area (Å²) in [6.07, 6.45) is 2.82. The molecule has 0 amide bonds. The molecule has 0 aliphatic heterocycles. The number of hydrogen-bond donors (Lipinski definition) is 1. The minimum atomic E-state index is -0.408. The van der Waals surface area contributed by atoms with Crippen molar-refractivity contribution in [1.82, 2.24) is 5.32 Å². The summed E-state index contributed by atoms with van der Waals surface area (Å²) in [4.78, 5) is 10.5. The van der Waals surface area contributed by atoms with Crippen LogP contribution in [0.2, 0.25) is 0 Å². The molecular weight excluding hydrogens is 270 g/mol. The number of rotatable bonds is 7. The Bertz CT molecular complexity index is 576. The lowest BCUT2D eigenvalue weighted by Gasteiger charge is -2.13. The van der Waals surface area contributed by atoms with Gasteiger partial charge >= 0.3 is 0 Å². The molecule has 1 aromatic carbocycles. The second kappa shape index (κ2) is 6.55. The zero-order chi connectivity index (χ0) is 15.4. The molecule has 0 bridgehead atoms. The van der Waals surface area contributed by atoms with Crippen molar-refractivity contribution in [2.75, 3.05) is 6.61 Å². The number of hydrogen-bond acceptors (Lipinski definition) is 5. The summed E-state index contributed by atoms with van der Waals surface area (Å²) < 4.78 is 5.62. The van der Waals surface area contributed by atoms with E-state index in [0.717, 1.165) is 18.4 Å². The van der Waals surface area contributed by atoms with Crippen LogP contribution in [0.25, 0.3) is 0 Å². The van der Waals surface area contributed by atoms with Gasteiger partial charge in [0.2, 0.25) is 0 Å². The summed E-state index contributed by atoms with van der Waals surface area (Å²) >= 11 is 0. The van der Waals surface area contributed by atoms with Crippen molar-refractivity contribution in [2.24, 2.45) is 0 Å². The van der Waals surface area contributed by atoms with Crippen LogP contribution in [-0.2, 0) is 0 Å². The van der Waals surface area contributed by atoms with Crippen molar-refractivity contribution < 1.29 is 9.66 Å². The van der Waals surface area contributed by atoms with Crippen LogP contribution in [0.4, 0.5) is 5.69 Å². The van der Waals surface area contributed by atoms with Crippen molar-refractivity contribution in [1.29, 1.82) is 5.26 Å². The summed E-state index contributed by atoms with van der Waals surface area (Å²) in [5, 5.41) is 23.2. The fourth-order valence-electron chi connectivity index (χ4n) is 2.18. The molecule has 0 heterocycles. The number of nitro groups is 1. The first-order chi connectivity index (χ1) is 10.0. The van der Waals surface area contributed by atoms with Crippen LogP contribution in [-0.4, -0.2) is 23.6 Å². The summed E-state index contributed by atoms with van der Waals surface area (Å²) in [5.74, 6) is 0.510. The standard InChI is InChI=1S/C15H19N3O3/c1-10-7-11(2)15(8-14(10)18(19)20)21-6-5-13(9-16)17-12-3-4-12/h7-8,12-13,17H,3-6H2,1-2H3. The molecule has 0 spiro atoms. The predicted octanol–water partition coefficient (Wildman–Crippen LogP) is 2.62. The highest BCUT2D eigenvalue weighted by molar-refractivity contribution is 5.49. The first-order valence-corrected chi connectivity index (χ1v) is 7.05. The number of aryl methyl sites for hydroxylation is 2. The second-order valence-electron chi connectivity index (χ2n) is 5.42. The van der Waals surface area contributed by atoms with Gasteiger partial charge in [-0.25, -0.2) is 0 Å². The molecule has 1 N–H and O–H groups in total. The Morgan fingerprint density at radius 2 is 2.19 bits per heavy atom. The number of nitrogens with one attached hydrogen (secondary N) is 1. The van der Waals surface area contributed by atoms with Crippen LogP contribution < -0.4 is 10.1 Å². The molecular formula is C15H19N3O3. The average molecular weight is 289 g/mol. The SMILES string of the molecule is Cc1cc(C)c([N+](=O)[O-])cc1OCCC(C#N)NC1CC1. The highest BCUT2D eigenvalue weighted by Gasteiger charge is 2.24. The maximum Gasteiger partial charge on any atom is 0.276 e. The summed E-state index contributed by atoms with van der Waals surface area (Å²) in [7, 11) is 0. The molecule has 0 saturated heterocycles. The number of nitrogens with zero attached hydrogens (tertiary/aromatic N) is 2. The zero-order valence-electron chi connectivity index (χ0n) is 12.3. The number of nitro benzene ring substituents is 1. The minimum Gasteiger partial charge on any atom is -0.493 e. The monoisotopic (exact) mass is 289 g/mol. The van der Waals surface area contributed by atoms with Gasteiger partial charge in [-0.3, -0.25) is 15.4 Å². The average Bonchev–Trinajstić information content (AvgIpc) is 3.23. The molecule has 1 unspecified atom stereocenters. The van der Waals surface area contributed by atoms with Gasteiger partial charge in [-0.05, 0) is 38.3 Å². The van der Waals surface area contributed by atoms with Crippen molar-refractivity contribution in [3.8, 4) is 11.8 Å². The van der Waals surface area contributed by atoms with Gasteiger partial charge in [0.15, 0.2) is 0 Å². The molecule has 112 valence electrons. The van der Waals surface area contributed by atoms with Crippen molar-refractivity contribution in [3.05, 3.63) is 33.4 Å². The molecule has 21 heavy (non-hydrogen) atoms. The van der Waals surface area contributed by atoms with E-state index in [2.05, 4.69) is 11.4 Å². The zero-order valence-corrected chi connectivity index (χ0v) is 12.3. The number of benzene rings is 1. The van der Waals surface area contributed by atoms with E-state index in [1.54, 1.807) is 13.0 Å². The Kier molecular flexibility index (Phi) is 4.76. The van der Waals surface area contributed by atoms with E-state index in [-0.39, 0.29) is 11.7 Å². The number of nitriles is 1. The Balaban J connectivity index is 1.94. The molecule has 1 aromatic rings. The summed E-state index contributed by atoms with van der Waals surface area (Å²) in [6, 6.07) is 5.67. The molecule has 0 radical (unpaired) electrons. The molecule has 0 aromatic heterocycles. The van der Waals surface area contributed by atoms with E-state index in [4.69, 9.17) is 10.00 Å². The van der Waals surface area contributed by atoms with Gasteiger partial charge < -0.3 is 4.74 Å². The lowest BCUT2D eigenvalue weighted by molar-refractivity contribution is -0.385. The predicted molar refractivity (Wildman–Crippen MR) is 78.2 cm³/mol. The van der Waals surface area contributed by atoms with Crippen molar-refractivity contribution in [2.45, 2.75) is 45.2 Å². The van der Waals surface area contributed by atoms with Gasteiger partial charge in [0.1, 0.15) is 5.75 Å². The van der Waals surface area contributed by atoms with E-state index < -0.39 is 4.92 Å². The quantitative estimate of drug-likeness (QED) is 0.615. The number of ether oxygens (including phenoxy) is 1. The van der Waals surface area contributed by atoms with Gasteiger partial charge in [-0.15, -0.1) is 0 Å². The van der Waals surface area contributed by atoms with Crippen molar-refractivity contribution >= 4 is 5.69 Å². The normalized spacial score (nSPS) is 15.3. The Morgan fingerprint density at radius 3 is 2.76 bits per heavy atom. The molecule has 1 aliphatic rings. The van der Waals surface area contributed by atoms with Crippen LogP contribution in [0, 0.1) is 35.3 Å². The molecule has 6 heteroatoms. The van der Waals surface area contributed by atoms with Crippen molar-refractivity contribution in [3.63, 3.8) is 0 Å². The molecule has 1 aliphatic carbocycles. The van der Waals surface area contributed by atoms with E-state index in [9.17, 15) is 10.1 Å². The van der Waals surface area contributed by atoms with Gasteiger partial charge in [0.05, 0.1) is 29.7 Å². The van der Waals surface area contributed by atoms with E-state index >= 15 is 0 Å². The van der Waals surface area contributed by atoms with E-state index in [1.165, 1.54) is 6.07 Å². The minimum absolute atomic E-state index is 0.0588.